The fraction of sp³-hybridized carbons (Fsp3) is 0.607. The number of carboxylic acid groups (broad SMARTS) is 1. The van der Waals surface area contributed by atoms with Crippen molar-refractivity contribution in [2.24, 2.45) is 0 Å². The van der Waals surface area contributed by atoms with Gasteiger partial charge in [-0.05, 0) is 28.8 Å². The van der Waals surface area contributed by atoms with E-state index in [2.05, 4.69) is 6.92 Å². The first kappa shape index (κ1) is 32.1. The summed E-state index contributed by atoms with van der Waals surface area (Å²) in [4.78, 5) is 11.7. The second kappa shape index (κ2) is 17.5. The molecule has 0 radical (unpaired) electrons. The largest absolute Gasteiger partial charge is 1.00 e. The zero-order chi connectivity index (χ0) is 24.8. The van der Waals surface area contributed by atoms with E-state index >= 15 is 0 Å². The van der Waals surface area contributed by atoms with Crippen LogP contribution in [0.1, 0.15) is 115 Å². The smallest absolute Gasteiger partial charge is 0.549 e. The standard InChI is InChI=1S/C28H42O5S.Na/c1-2-3-4-5-6-7-8-9-10-11-12-13-14-15-20-25(28(29)30)27-24-19-17-16-18-23(24)21-22-26(27)34(31,32)33;/h16-19,21-22,25H,2-15,20H2,1H3,(H,29,30)(H,31,32,33);/q;+1/p-1. The molecule has 0 spiro atoms. The quantitative estimate of drug-likeness (QED) is 0.186. The molecule has 0 saturated heterocycles. The van der Waals surface area contributed by atoms with Gasteiger partial charge in [0.15, 0.2) is 0 Å². The first-order chi connectivity index (χ1) is 16.4. The van der Waals surface area contributed by atoms with Gasteiger partial charge in [0.1, 0.15) is 0 Å². The first-order valence-corrected chi connectivity index (χ1v) is 14.5. The van der Waals surface area contributed by atoms with E-state index in [-0.39, 0.29) is 46.4 Å². The van der Waals surface area contributed by atoms with Gasteiger partial charge in [0.2, 0.25) is 0 Å². The van der Waals surface area contributed by atoms with Crippen LogP contribution < -0.4 is 34.7 Å². The summed E-state index contributed by atoms with van der Waals surface area (Å²) >= 11 is 0. The van der Waals surface area contributed by atoms with Crippen molar-refractivity contribution in [2.75, 3.05) is 0 Å². The second-order valence-electron chi connectivity index (χ2n) is 9.43. The summed E-state index contributed by atoms with van der Waals surface area (Å²) in [5.41, 5.74) is 0.135. The number of carbonyl (C=O) groups is 1. The molecule has 2 rings (SSSR count). The van der Waals surface area contributed by atoms with E-state index in [0.717, 1.165) is 24.6 Å². The van der Waals surface area contributed by atoms with Gasteiger partial charge in [-0.1, -0.05) is 127 Å². The third-order valence-corrected chi connectivity index (χ3v) is 7.60. The van der Waals surface area contributed by atoms with Gasteiger partial charge in [-0.3, -0.25) is 4.55 Å². The third-order valence-electron chi connectivity index (χ3n) is 6.69. The maximum Gasteiger partial charge on any atom is 1.00 e. The molecule has 0 heterocycles. The van der Waals surface area contributed by atoms with Gasteiger partial charge in [-0.15, -0.1) is 0 Å². The van der Waals surface area contributed by atoms with Crippen molar-refractivity contribution in [3.8, 4) is 0 Å². The van der Waals surface area contributed by atoms with E-state index in [4.69, 9.17) is 0 Å². The van der Waals surface area contributed by atoms with Gasteiger partial charge in [-0.2, -0.15) is 8.42 Å². The summed E-state index contributed by atoms with van der Waals surface area (Å²) in [5.74, 6) is -2.39. The molecule has 1 atom stereocenters. The fourth-order valence-electron chi connectivity index (χ4n) is 4.78. The van der Waals surface area contributed by atoms with Crippen LogP contribution in [0.25, 0.3) is 10.8 Å². The molecule has 0 saturated carbocycles. The number of unbranched alkanes of at least 4 members (excludes halogenated alkanes) is 13. The molecule has 0 aromatic heterocycles. The molecular weight excluding hydrogens is 471 g/mol. The molecule has 0 aliphatic heterocycles. The SMILES string of the molecule is CCCCCCCCCCCCCCCCC(C(=O)[O-])c1c(S(=O)(=O)O)ccc2ccccc12.[Na+]. The van der Waals surface area contributed by atoms with Crippen LogP contribution in [0.3, 0.4) is 0 Å². The van der Waals surface area contributed by atoms with Crippen LogP contribution in [0.4, 0.5) is 0 Å². The van der Waals surface area contributed by atoms with Crippen LogP contribution in [0.15, 0.2) is 41.3 Å². The van der Waals surface area contributed by atoms with Gasteiger partial charge in [-0.25, -0.2) is 0 Å². The van der Waals surface area contributed by atoms with Gasteiger partial charge < -0.3 is 9.90 Å². The number of carbonyl (C=O) groups excluding carboxylic acids is 1. The molecule has 1 N–H and O–H groups in total. The normalized spacial score (nSPS) is 12.4. The van der Waals surface area contributed by atoms with Gasteiger partial charge >= 0.3 is 29.6 Å². The number of fused-ring (bicyclic) bond motifs is 1. The van der Waals surface area contributed by atoms with Crippen LogP contribution in [-0.2, 0) is 14.9 Å². The number of hydrogen-bond acceptors (Lipinski definition) is 4. The number of benzene rings is 2. The molecule has 0 fully saturated rings. The second-order valence-corrected chi connectivity index (χ2v) is 10.8. The Bertz CT molecular complexity index is 990. The summed E-state index contributed by atoms with van der Waals surface area (Å²) in [5, 5.41) is 13.3. The Morgan fingerprint density at radius 1 is 0.800 bits per heavy atom. The minimum atomic E-state index is -4.55. The van der Waals surface area contributed by atoms with E-state index in [9.17, 15) is 22.9 Å². The van der Waals surface area contributed by atoms with E-state index in [1.54, 1.807) is 30.3 Å². The summed E-state index contributed by atoms with van der Waals surface area (Å²) < 4.78 is 33.6. The van der Waals surface area contributed by atoms with E-state index < -0.39 is 22.0 Å². The average Bonchev–Trinajstić information content (AvgIpc) is 2.80. The summed E-state index contributed by atoms with van der Waals surface area (Å²) in [6.45, 7) is 2.24. The minimum absolute atomic E-state index is 0. The third kappa shape index (κ3) is 11.3. The molecule has 35 heavy (non-hydrogen) atoms. The molecule has 0 aliphatic carbocycles. The summed E-state index contributed by atoms with van der Waals surface area (Å²) in [6.07, 6.45) is 17.2. The van der Waals surface area contributed by atoms with E-state index in [1.165, 1.54) is 70.3 Å². The zero-order valence-electron chi connectivity index (χ0n) is 21.6. The van der Waals surface area contributed by atoms with Gasteiger partial charge in [0.05, 0.1) is 4.90 Å². The van der Waals surface area contributed by atoms with Crippen LogP contribution >= 0.6 is 0 Å². The van der Waals surface area contributed by atoms with Crippen molar-refractivity contribution in [1.82, 2.24) is 0 Å². The monoisotopic (exact) mass is 512 g/mol. The van der Waals surface area contributed by atoms with Crippen molar-refractivity contribution >= 4 is 26.9 Å². The van der Waals surface area contributed by atoms with Crippen molar-refractivity contribution in [1.29, 1.82) is 0 Å². The zero-order valence-corrected chi connectivity index (χ0v) is 24.5. The molecule has 0 aliphatic rings. The summed E-state index contributed by atoms with van der Waals surface area (Å²) in [7, 11) is -4.55. The molecule has 2 aromatic rings. The predicted molar refractivity (Wildman–Crippen MR) is 136 cm³/mol. The topological polar surface area (TPSA) is 94.5 Å². The Morgan fingerprint density at radius 3 is 1.77 bits per heavy atom. The van der Waals surface area contributed by atoms with E-state index in [1.807, 2.05) is 0 Å². The maximum absolute atomic E-state index is 12.0. The van der Waals surface area contributed by atoms with Gasteiger partial charge in [0, 0.05) is 11.9 Å². The number of hydrogen-bond donors (Lipinski definition) is 1. The van der Waals surface area contributed by atoms with Crippen molar-refractivity contribution in [3.05, 3.63) is 42.0 Å². The molecule has 7 heteroatoms. The molecule has 1 unspecified atom stereocenters. The Labute approximate surface area is 234 Å². The van der Waals surface area contributed by atoms with Crippen molar-refractivity contribution < 1.29 is 52.4 Å². The van der Waals surface area contributed by atoms with Crippen LogP contribution in [0.2, 0.25) is 0 Å². The predicted octanol–water partition coefficient (Wildman–Crippen LogP) is 3.80. The van der Waals surface area contributed by atoms with Crippen LogP contribution in [0.5, 0.6) is 0 Å². The molecule has 190 valence electrons. The van der Waals surface area contributed by atoms with Crippen LogP contribution in [-0.4, -0.2) is 18.9 Å². The van der Waals surface area contributed by atoms with Crippen LogP contribution in [0, 0.1) is 0 Å². The average molecular weight is 513 g/mol. The maximum atomic E-state index is 12.0. The fourth-order valence-corrected chi connectivity index (χ4v) is 5.55. The molecule has 2 aromatic carbocycles. The van der Waals surface area contributed by atoms with Crippen molar-refractivity contribution in [2.45, 2.75) is 114 Å². The number of carboxylic acids is 1. The first-order valence-electron chi connectivity index (χ1n) is 13.1. The summed E-state index contributed by atoms with van der Waals surface area (Å²) in [6, 6.07) is 9.90. The molecule has 0 amide bonds. The minimum Gasteiger partial charge on any atom is -0.549 e. The Hall–Kier alpha value is -0.920. The Balaban J connectivity index is 0.00000612. The molecule has 0 bridgehead atoms. The Kier molecular flexibility index (Phi) is 16.1. The van der Waals surface area contributed by atoms with Gasteiger partial charge in [0.25, 0.3) is 10.1 Å². The molecular formula is C28H41NaO5S. The number of rotatable bonds is 18. The number of aliphatic carboxylic acids is 1. The van der Waals surface area contributed by atoms with E-state index in [0.29, 0.717) is 11.8 Å². The van der Waals surface area contributed by atoms with Crippen molar-refractivity contribution in [3.63, 3.8) is 0 Å². The Morgan fingerprint density at radius 2 is 1.29 bits per heavy atom. The molecule has 5 nitrogen and oxygen atoms in total.